The van der Waals surface area contributed by atoms with E-state index in [0.29, 0.717) is 0 Å². The van der Waals surface area contributed by atoms with Gasteiger partial charge in [-0.15, -0.1) is 0 Å². The van der Waals surface area contributed by atoms with Crippen LogP contribution in [0.2, 0.25) is 0 Å². The van der Waals surface area contributed by atoms with Crippen LogP contribution in [-0.4, -0.2) is 37.4 Å². The van der Waals surface area contributed by atoms with Crippen LogP contribution in [0.3, 0.4) is 0 Å². The molecule has 0 bridgehead atoms. The van der Waals surface area contributed by atoms with E-state index in [1.165, 1.54) is 19.1 Å². The van der Waals surface area contributed by atoms with E-state index in [4.69, 9.17) is 10.3 Å². The lowest BCUT2D eigenvalue weighted by Crippen LogP contribution is -2.38. The van der Waals surface area contributed by atoms with Gasteiger partial charge in [0.05, 0.1) is 11.5 Å². The molecule has 3 N–H and O–H groups in total. The molecule has 1 unspecified atom stereocenters. The average Bonchev–Trinajstić information content (AvgIpc) is 2.38. The number of rotatable bonds is 4. The van der Waals surface area contributed by atoms with Crippen molar-refractivity contribution in [1.82, 2.24) is 0 Å². The first-order chi connectivity index (χ1) is 9.59. The fourth-order valence-corrected chi connectivity index (χ4v) is 1.59. The van der Waals surface area contributed by atoms with Gasteiger partial charge in [0.15, 0.2) is 11.8 Å². The molecule has 0 saturated carbocycles. The molecule has 0 spiro atoms. The Morgan fingerprint density at radius 2 is 1.76 bits per heavy atom. The number of hydrogen-bond acceptors (Lipinski definition) is 6. The minimum absolute atomic E-state index is 0.0666. The topological polar surface area (TPSA) is 124 Å². The van der Waals surface area contributed by atoms with Gasteiger partial charge in [-0.1, -0.05) is 17.7 Å². The van der Waals surface area contributed by atoms with E-state index in [9.17, 15) is 18.0 Å². The van der Waals surface area contributed by atoms with Crippen LogP contribution in [0.1, 0.15) is 19.4 Å². The summed E-state index contributed by atoms with van der Waals surface area (Å²) >= 11 is 0. The molecule has 0 aromatic heterocycles. The lowest BCUT2D eigenvalue weighted by Gasteiger charge is -2.05. The molecule has 7 nitrogen and oxygen atoms in total. The van der Waals surface area contributed by atoms with Gasteiger partial charge >= 0.3 is 5.97 Å². The Hall–Kier alpha value is -1.77. The summed E-state index contributed by atoms with van der Waals surface area (Å²) in [5, 5.41) is 0. The van der Waals surface area contributed by atoms with Crippen molar-refractivity contribution < 1.29 is 27.3 Å². The molecule has 118 valence electrons. The first-order valence-corrected chi connectivity index (χ1v) is 7.50. The van der Waals surface area contributed by atoms with Crippen LogP contribution in [0, 0.1) is 6.92 Å². The van der Waals surface area contributed by atoms with E-state index < -0.39 is 22.1 Å². The van der Waals surface area contributed by atoms with Gasteiger partial charge < -0.3 is 10.5 Å². The summed E-state index contributed by atoms with van der Waals surface area (Å²) in [6, 6.07) is 4.88. The van der Waals surface area contributed by atoms with Crippen LogP contribution < -0.4 is 5.73 Å². The summed E-state index contributed by atoms with van der Waals surface area (Å²) in [5.74, 6) is -1.03. The van der Waals surface area contributed by atoms with Gasteiger partial charge in [-0.2, -0.15) is 8.42 Å². The predicted octanol–water partition coefficient (Wildman–Crippen LogP) is 0.708. The summed E-state index contributed by atoms with van der Waals surface area (Å²) in [4.78, 5) is 21.0. The number of ether oxygens (including phenoxy) is 1. The van der Waals surface area contributed by atoms with E-state index >= 15 is 0 Å². The SMILES string of the molecule is CCOC(=O)C(N)C(C)=O.Cc1ccc(S(=O)(=O)O)cc1. The van der Waals surface area contributed by atoms with Crippen molar-refractivity contribution in [1.29, 1.82) is 0 Å². The predicted molar refractivity (Wildman–Crippen MR) is 76.3 cm³/mol. The minimum Gasteiger partial charge on any atom is -0.464 e. The fourth-order valence-electron chi connectivity index (χ4n) is 1.11. The maximum Gasteiger partial charge on any atom is 0.330 e. The molecule has 0 fully saturated rings. The van der Waals surface area contributed by atoms with Crippen LogP contribution in [0.5, 0.6) is 0 Å². The van der Waals surface area contributed by atoms with Gasteiger partial charge in [-0.05, 0) is 32.9 Å². The molecule has 0 saturated heterocycles. The Balaban J connectivity index is 0.000000384. The average molecular weight is 317 g/mol. The molecule has 21 heavy (non-hydrogen) atoms. The number of carbonyl (C=O) groups excluding carboxylic acids is 2. The summed E-state index contributed by atoms with van der Waals surface area (Å²) in [5.41, 5.74) is 6.08. The summed E-state index contributed by atoms with van der Waals surface area (Å²) in [6.07, 6.45) is 0. The maximum absolute atomic E-state index is 10.6. The molecule has 0 radical (unpaired) electrons. The Morgan fingerprint density at radius 1 is 1.29 bits per heavy atom. The smallest absolute Gasteiger partial charge is 0.330 e. The van der Waals surface area contributed by atoms with E-state index in [2.05, 4.69) is 4.74 Å². The summed E-state index contributed by atoms with van der Waals surface area (Å²) in [6.45, 7) is 5.00. The summed E-state index contributed by atoms with van der Waals surface area (Å²) in [7, 11) is -4.02. The van der Waals surface area contributed by atoms with Gasteiger partial charge in [0.2, 0.25) is 0 Å². The number of carbonyl (C=O) groups is 2. The number of hydrogen-bond donors (Lipinski definition) is 2. The molecule has 0 heterocycles. The third kappa shape index (κ3) is 7.54. The molecule has 0 aliphatic rings. The molecule has 1 aromatic rings. The second-order valence-electron chi connectivity index (χ2n) is 4.13. The van der Waals surface area contributed by atoms with E-state index in [1.807, 2.05) is 6.92 Å². The number of nitrogens with two attached hydrogens (primary N) is 1. The maximum atomic E-state index is 10.6. The van der Waals surface area contributed by atoms with Crippen molar-refractivity contribution in [2.45, 2.75) is 31.7 Å². The first kappa shape index (κ1) is 19.2. The van der Waals surface area contributed by atoms with Gasteiger partial charge in [0.25, 0.3) is 10.1 Å². The molecule has 8 heteroatoms. The number of benzene rings is 1. The van der Waals surface area contributed by atoms with E-state index in [-0.39, 0.29) is 17.3 Å². The molecule has 1 aromatic carbocycles. The van der Waals surface area contributed by atoms with Crippen LogP contribution in [0.4, 0.5) is 0 Å². The quantitative estimate of drug-likeness (QED) is 0.476. The van der Waals surface area contributed by atoms with Crippen molar-refractivity contribution in [2.75, 3.05) is 6.61 Å². The monoisotopic (exact) mass is 317 g/mol. The highest BCUT2D eigenvalue weighted by Gasteiger charge is 2.18. The highest BCUT2D eigenvalue weighted by atomic mass is 32.2. The number of ketones is 1. The molecule has 0 amide bonds. The third-order valence-corrected chi connectivity index (χ3v) is 3.17. The number of esters is 1. The van der Waals surface area contributed by atoms with Crippen molar-refractivity contribution in [2.24, 2.45) is 5.73 Å². The van der Waals surface area contributed by atoms with Gasteiger partial charge in [-0.3, -0.25) is 9.35 Å². The van der Waals surface area contributed by atoms with Crippen LogP contribution in [-0.2, 0) is 24.4 Å². The van der Waals surface area contributed by atoms with E-state index in [1.54, 1.807) is 19.1 Å². The lowest BCUT2D eigenvalue weighted by molar-refractivity contribution is -0.147. The zero-order chi connectivity index (χ0) is 16.6. The summed E-state index contributed by atoms with van der Waals surface area (Å²) < 4.78 is 34.0. The standard InChI is InChI=1S/C7H8O3S.C6H11NO3/c1-6-2-4-7(5-3-6)11(8,9)10;1-3-10-6(9)5(7)4(2)8/h2-5H,1H3,(H,8,9,10);5H,3,7H2,1-2H3. The highest BCUT2D eigenvalue weighted by Crippen LogP contribution is 2.08. The van der Waals surface area contributed by atoms with Gasteiger partial charge in [-0.25, -0.2) is 4.79 Å². The van der Waals surface area contributed by atoms with Crippen LogP contribution >= 0.6 is 0 Å². The Kier molecular flexibility index (Phi) is 7.79. The van der Waals surface area contributed by atoms with Crippen molar-refractivity contribution in [3.05, 3.63) is 29.8 Å². The highest BCUT2D eigenvalue weighted by molar-refractivity contribution is 7.85. The zero-order valence-corrected chi connectivity index (χ0v) is 12.9. The molecular formula is C13H19NO6S. The zero-order valence-electron chi connectivity index (χ0n) is 12.1. The minimum atomic E-state index is -4.02. The number of aryl methyl sites for hydroxylation is 1. The first-order valence-electron chi connectivity index (χ1n) is 6.06. The second-order valence-corrected chi connectivity index (χ2v) is 5.55. The molecular weight excluding hydrogens is 298 g/mol. The van der Waals surface area contributed by atoms with Crippen molar-refractivity contribution >= 4 is 21.9 Å². The molecule has 0 aliphatic heterocycles. The second kappa shape index (κ2) is 8.50. The third-order valence-electron chi connectivity index (χ3n) is 2.30. The molecule has 1 atom stereocenters. The Labute approximate surface area is 123 Å². The Morgan fingerprint density at radius 3 is 2.10 bits per heavy atom. The molecule has 0 aliphatic carbocycles. The van der Waals surface area contributed by atoms with Crippen molar-refractivity contribution in [3.8, 4) is 0 Å². The normalized spacial score (nSPS) is 11.9. The largest absolute Gasteiger partial charge is 0.464 e. The van der Waals surface area contributed by atoms with Crippen LogP contribution in [0.25, 0.3) is 0 Å². The Bertz CT molecular complexity index is 579. The molecule has 1 rings (SSSR count). The van der Waals surface area contributed by atoms with E-state index in [0.717, 1.165) is 5.56 Å². The van der Waals surface area contributed by atoms with Crippen LogP contribution in [0.15, 0.2) is 29.2 Å². The number of Topliss-reactive ketones (excluding diaryl/α,β-unsaturated/α-hetero) is 1. The van der Waals surface area contributed by atoms with Crippen molar-refractivity contribution in [3.63, 3.8) is 0 Å². The van der Waals surface area contributed by atoms with Gasteiger partial charge in [0, 0.05) is 0 Å². The fraction of sp³-hybridized carbons (Fsp3) is 0.385. The van der Waals surface area contributed by atoms with Gasteiger partial charge in [0.1, 0.15) is 0 Å². The lowest BCUT2D eigenvalue weighted by atomic mass is 10.2.